The van der Waals surface area contributed by atoms with Crippen molar-refractivity contribution in [2.75, 3.05) is 6.61 Å². The van der Waals surface area contributed by atoms with Gasteiger partial charge in [0.2, 0.25) is 0 Å². The van der Waals surface area contributed by atoms with E-state index in [-0.39, 0.29) is 6.61 Å². The quantitative estimate of drug-likeness (QED) is 0.402. The van der Waals surface area contributed by atoms with Gasteiger partial charge in [0.25, 0.3) is 0 Å². The highest BCUT2D eigenvalue weighted by molar-refractivity contribution is 6.52. The molecule has 0 aliphatic carbocycles. The summed E-state index contributed by atoms with van der Waals surface area (Å²) in [6, 6.07) is 0. The number of nitrogens with zero attached hydrogens (tertiary/aromatic N) is 1. The SMILES string of the molecule is C=CCOB(O)C#N. The minimum atomic E-state index is -1.31. The smallest absolute Gasteiger partial charge is 0.415 e. The number of nitriles is 1. The van der Waals surface area contributed by atoms with Crippen molar-refractivity contribution in [1.29, 1.82) is 5.26 Å². The molecular formula is C4H6BNO2. The van der Waals surface area contributed by atoms with E-state index in [2.05, 4.69) is 11.2 Å². The van der Waals surface area contributed by atoms with Crippen LogP contribution in [0.25, 0.3) is 0 Å². The number of hydrogen-bond acceptors (Lipinski definition) is 3. The molecule has 0 spiro atoms. The third kappa shape index (κ3) is 3.41. The van der Waals surface area contributed by atoms with E-state index < -0.39 is 7.12 Å². The van der Waals surface area contributed by atoms with Crippen LogP contribution in [0.1, 0.15) is 0 Å². The van der Waals surface area contributed by atoms with E-state index in [0.717, 1.165) is 0 Å². The predicted molar refractivity (Wildman–Crippen MR) is 29.7 cm³/mol. The molecule has 0 aliphatic rings. The second kappa shape index (κ2) is 4.38. The summed E-state index contributed by atoms with van der Waals surface area (Å²) in [4.78, 5) is 0. The Hall–Kier alpha value is -0.785. The molecule has 3 nitrogen and oxygen atoms in total. The van der Waals surface area contributed by atoms with Crippen molar-refractivity contribution in [1.82, 2.24) is 0 Å². The lowest BCUT2D eigenvalue weighted by molar-refractivity contribution is 0.305. The molecule has 0 saturated carbocycles. The molecule has 0 fully saturated rings. The van der Waals surface area contributed by atoms with Crippen LogP contribution in [0, 0.1) is 11.2 Å². The first-order valence-corrected chi connectivity index (χ1v) is 2.11. The fourth-order valence-electron chi connectivity index (χ4n) is 0.196. The molecule has 8 heavy (non-hydrogen) atoms. The van der Waals surface area contributed by atoms with E-state index in [0.29, 0.717) is 0 Å². The van der Waals surface area contributed by atoms with Crippen LogP contribution in [0.5, 0.6) is 0 Å². The third-order valence-corrected chi connectivity index (χ3v) is 0.482. The van der Waals surface area contributed by atoms with E-state index in [4.69, 9.17) is 10.3 Å². The van der Waals surface area contributed by atoms with Crippen LogP contribution in [0.4, 0.5) is 0 Å². The van der Waals surface area contributed by atoms with Crippen LogP contribution in [0.3, 0.4) is 0 Å². The molecule has 1 N–H and O–H groups in total. The van der Waals surface area contributed by atoms with Crippen molar-refractivity contribution >= 4 is 7.12 Å². The summed E-state index contributed by atoms with van der Waals surface area (Å²) in [5.74, 6) is 1.49. The van der Waals surface area contributed by atoms with Crippen LogP contribution >= 0.6 is 0 Å². The summed E-state index contributed by atoms with van der Waals surface area (Å²) >= 11 is 0. The van der Waals surface area contributed by atoms with Crippen LogP contribution in [0.2, 0.25) is 0 Å². The van der Waals surface area contributed by atoms with Gasteiger partial charge in [-0.2, -0.15) is 0 Å². The van der Waals surface area contributed by atoms with Gasteiger partial charge in [-0.15, -0.1) is 6.58 Å². The zero-order chi connectivity index (χ0) is 6.41. The maximum Gasteiger partial charge on any atom is 0.576 e. The van der Waals surface area contributed by atoms with Gasteiger partial charge in [-0.05, 0) is 0 Å². The normalized spacial score (nSPS) is 7.50. The van der Waals surface area contributed by atoms with Crippen molar-refractivity contribution in [3.8, 4) is 5.97 Å². The summed E-state index contributed by atoms with van der Waals surface area (Å²) in [6.45, 7) is 3.52. The van der Waals surface area contributed by atoms with Crippen molar-refractivity contribution in [2.45, 2.75) is 0 Å². The van der Waals surface area contributed by atoms with Crippen LogP contribution in [0.15, 0.2) is 12.7 Å². The van der Waals surface area contributed by atoms with Gasteiger partial charge >= 0.3 is 7.12 Å². The zero-order valence-electron chi connectivity index (χ0n) is 4.37. The monoisotopic (exact) mass is 111 g/mol. The van der Waals surface area contributed by atoms with Crippen LogP contribution < -0.4 is 0 Å². The molecule has 0 amide bonds. The highest BCUT2D eigenvalue weighted by atomic mass is 16.5. The topological polar surface area (TPSA) is 53.2 Å². The second-order valence-corrected chi connectivity index (χ2v) is 1.10. The van der Waals surface area contributed by atoms with Crippen molar-refractivity contribution in [3.05, 3.63) is 12.7 Å². The predicted octanol–water partition coefficient (Wildman–Crippen LogP) is -0.268. The summed E-state index contributed by atoms with van der Waals surface area (Å²) in [5.41, 5.74) is 0. The fraction of sp³-hybridized carbons (Fsp3) is 0.250. The highest BCUT2D eigenvalue weighted by Crippen LogP contribution is 1.76. The summed E-state index contributed by atoms with van der Waals surface area (Å²) in [5, 5.41) is 16.3. The minimum Gasteiger partial charge on any atom is -0.415 e. The molecule has 0 aromatic heterocycles. The van der Waals surface area contributed by atoms with Gasteiger partial charge in [0.15, 0.2) is 0 Å². The molecule has 0 aliphatic heterocycles. The molecule has 4 heteroatoms. The summed E-state index contributed by atoms with van der Waals surface area (Å²) in [7, 11) is -1.31. The highest BCUT2D eigenvalue weighted by Gasteiger charge is 2.08. The molecule has 0 rings (SSSR count). The maximum absolute atomic E-state index is 8.36. The average molecular weight is 111 g/mol. The third-order valence-electron chi connectivity index (χ3n) is 0.482. The molecule has 0 aromatic rings. The Kier molecular flexibility index (Phi) is 3.95. The minimum absolute atomic E-state index is 0.203. The van der Waals surface area contributed by atoms with E-state index >= 15 is 0 Å². The van der Waals surface area contributed by atoms with Gasteiger partial charge in [-0.3, -0.25) is 0 Å². The van der Waals surface area contributed by atoms with Gasteiger partial charge in [-0.25, -0.2) is 5.26 Å². The molecule has 0 saturated heterocycles. The Bertz CT molecular complexity index is 109. The summed E-state index contributed by atoms with van der Waals surface area (Å²) in [6.07, 6.45) is 1.46. The van der Waals surface area contributed by atoms with Gasteiger partial charge in [-0.1, -0.05) is 6.08 Å². The Balaban J connectivity index is 3.14. The lowest BCUT2D eigenvalue weighted by Gasteiger charge is -1.92. The molecule has 0 unspecified atom stereocenters. The number of rotatable bonds is 3. The Labute approximate surface area is 48.3 Å². The Morgan fingerprint density at radius 2 is 2.62 bits per heavy atom. The van der Waals surface area contributed by atoms with Gasteiger partial charge in [0.05, 0.1) is 12.6 Å². The second-order valence-electron chi connectivity index (χ2n) is 1.10. The van der Waals surface area contributed by atoms with E-state index in [9.17, 15) is 0 Å². The molecule has 0 bridgehead atoms. The molecule has 0 atom stereocenters. The first-order valence-electron chi connectivity index (χ1n) is 2.11. The fourth-order valence-corrected chi connectivity index (χ4v) is 0.196. The molecule has 42 valence electrons. The first-order chi connectivity index (χ1) is 3.81. The van der Waals surface area contributed by atoms with Crippen molar-refractivity contribution in [3.63, 3.8) is 0 Å². The van der Waals surface area contributed by atoms with E-state index in [1.165, 1.54) is 12.0 Å². The maximum atomic E-state index is 8.36. The van der Waals surface area contributed by atoms with Crippen molar-refractivity contribution < 1.29 is 9.68 Å². The van der Waals surface area contributed by atoms with Crippen LogP contribution in [-0.2, 0) is 4.65 Å². The zero-order valence-corrected chi connectivity index (χ0v) is 4.37. The lowest BCUT2D eigenvalue weighted by Crippen LogP contribution is -2.14. The summed E-state index contributed by atoms with van der Waals surface area (Å²) < 4.78 is 4.42. The van der Waals surface area contributed by atoms with Gasteiger partial charge in [0, 0.05) is 0 Å². The van der Waals surface area contributed by atoms with Crippen LogP contribution in [-0.4, -0.2) is 18.7 Å². The Morgan fingerprint density at radius 1 is 2.00 bits per heavy atom. The van der Waals surface area contributed by atoms with Gasteiger partial charge < -0.3 is 9.68 Å². The molecule has 0 radical (unpaired) electrons. The first kappa shape index (κ1) is 7.21. The number of hydrogen-bond donors (Lipinski definition) is 1. The molecule has 0 heterocycles. The molecular weight excluding hydrogens is 105 g/mol. The largest absolute Gasteiger partial charge is 0.576 e. The van der Waals surface area contributed by atoms with E-state index in [1.807, 2.05) is 0 Å². The Morgan fingerprint density at radius 3 is 3.00 bits per heavy atom. The standard InChI is InChI=1S/C4H6BNO2/c1-2-3-8-5(7)4-6/h2,7H,1,3H2. The van der Waals surface area contributed by atoms with Crippen molar-refractivity contribution in [2.24, 2.45) is 0 Å². The lowest BCUT2D eigenvalue weighted by atomic mass is 9.95. The average Bonchev–Trinajstić information content (AvgIpc) is 1.83. The van der Waals surface area contributed by atoms with E-state index in [1.54, 1.807) is 0 Å². The molecule has 0 aromatic carbocycles. The van der Waals surface area contributed by atoms with Gasteiger partial charge in [0.1, 0.15) is 0 Å².